The number of hydrogen-bond donors (Lipinski definition) is 1. The Bertz CT molecular complexity index is 1130. The number of amides is 1. The van der Waals surface area contributed by atoms with Crippen molar-refractivity contribution in [2.45, 2.75) is 13.7 Å². The second-order valence-electron chi connectivity index (χ2n) is 6.39. The van der Waals surface area contributed by atoms with Crippen molar-refractivity contribution >= 4 is 34.2 Å². The molecular formula is C21H21N3O7S. The van der Waals surface area contributed by atoms with Gasteiger partial charge in [0.25, 0.3) is 5.91 Å². The number of esters is 2. The Morgan fingerprint density at radius 3 is 2.28 bits per heavy atom. The zero-order chi connectivity index (χ0) is 23.3. The molecule has 0 saturated heterocycles. The summed E-state index contributed by atoms with van der Waals surface area (Å²) in [7, 11) is 4.03. The fourth-order valence-corrected chi connectivity index (χ4v) is 3.88. The van der Waals surface area contributed by atoms with Gasteiger partial charge >= 0.3 is 11.9 Å². The van der Waals surface area contributed by atoms with E-state index in [1.807, 2.05) is 0 Å². The number of thiophene rings is 1. The largest absolute Gasteiger partial charge is 0.497 e. The standard InChI is InChI=1S/C21H21N3O7S/c1-12-16(20(26)29-3)19(32-17(12)21(27)30-4)22-18(25)15-9-10-24(23-15)11-31-14-7-5-13(28-2)6-8-14/h5-10H,11H2,1-4H3,(H,22,25). The van der Waals surface area contributed by atoms with Gasteiger partial charge in [-0.3, -0.25) is 4.79 Å². The monoisotopic (exact) mass is 459 g/mol. The molecule has 0 bridgehead atoms. The van der Waals surface area contributed by atoms with Gasteiger partial charge < -0.3 is 24.3 Å². The molecule has 0 saturated carbocycles. The van der Waals surface area contributed by atoms with Crippen LogP contribution in [0.2, 0.25) is 0 Å². The van der Waals surface area contributed by atoms with Crippen molar-refractivity contribution in [1.29, 1.82) is 0 Å². The van der Waals surface area contributed by atoms with Gasteiger partial charge in [0.2, 0.25) is 0 Å². The first-order valence-corrected chi connectivity index (χ1v) is 10.1. The van der Waals surface area contributed by atoms with Gasteiger partial charge in [-0.15, -0.1) is 11.3 Å². The predicted octanol–water partition coefficient (Wildman–Crippen LogP) is 3.12. The Labute approximate surface area is 187 Å². The summed E-state index contributed by atoms with van der Waals surface area (Å²) in [6.07, 6.45) is 1.58. The zero-order valence-electron chi connectivity index (χ0n) is 17.8. The van der Waals surface area contributed by atoms with Crippen molar-refractivity contribution in [3.05, 3.63) is 58.2 Å². The number of aromatic nitrogens is 2. The summed E-state index contributed by atoms with van der Waals surface area (Å²) in [4.78, 5) is 37.1. The minimum absolute atomic E-state index is 0.0810. The van der Waals surface area contributed by atoms with Gasteiger partial charge in [-0.05, 0) is 42.8 Å². The molecule has 0 unspecified atom stereocenters. The number of hydrogen-bond acceptors (Lipinski definition) is 9. The molecule has 0 fully saturated rings. The topological polar surface area (TPSA) is 118 Å². The molecule has 3 rings (SSSR count). The van der Waals surface area contributed by atoms with Gasteiger partial charge in [-0.25, -0.2) is 14.3 Å². The molecule has 1 aromatic carbocycles. The van der Waals surface area contributed by atoms with E-state index in [1.165, 1.54) is 25.0 Å². The Morgan fingerprint density at radius 2 is 1.66 bits per heavy atom. The van der Waals surface area contributed by atoms with Gasteiger partial charge in [0.1, 0.15) is 21.4 Å². The molecule has 0 aliphatic rings. The summed E-state index contributed by atoms with van der Waals surface area (Å²) in [6, 6.07) is 8.54. The van der Waals surface area contributed by atoms with E-state index in [-0.39, 0.29) is 27.9 Å². The van der Waals surface area contributed by atoms with E-state index in [4.69, 9.17) is 18.9 Å². The Balaban J connectivity index is 1.73. The van der Waals surface area contributed by atoms with Crippen molar-refractivity contribution in [2.24, 2.45) is 0 Å². The number of ether oxygens (including phenoxy) is 4. The summed E-state index contributed by atoms with van der Waals surface area (Å²) < 4.78 is 21.7. The minimum Gasteiger partial charge on any atom is -0.497 e. The number of anilines is 1. The lowest BCUT2D eigenvalue weighted by molar-refractivity contribution is 0.0601. The molecule has 0 atom stereocenters. The normalized spacial score (nSPS) is 10.4. The molecule has 1 amide bonds. The SMILES string of the molecule is COC(=O)c1sc(NC(=O)c2ccn(COc3ccc(OC)cc3)n2)c(C(=O)OC)c1C. The van der Waals surface area contributed by atoms with Crippen LogP contribution in [0.15, 0.2) is 36.5 Å². The fourth-order valence-electron chi connectivity index (χ4n) is 2.77. The molecule has 0 aliphatic heterocycles. The van der Waals surface area contributed by atoms with Crippen LogP contribution in [-0.2, 0) is 16.2 Å². The lowest BCUT2D eigenvalue weighted by atomic mass is 10.1. The molecule has 10 nitrogen and oxygen atoms in total. The van der Waals surface area contributed by atoms with Crippen molar-refractivity contribution in [2.75, 3.05) is 26.6 Å². The Kier molecular flexibility index (Phi) is 7.11. The van der Waals surface area contributed by atoms with E-state index in [0.717, 1.165) is 11.3 Å². The molecule has 1 N–H and O–H groups in total. The highest BCUT2D eigenvalue weighted by Crippen LogP contribution is 2.34. The van der Waals surface area contributed by atoms with Gasteiger partial charge in [0.05, 0.1) is 26.9 Å². The first-order valence-electron chi connectivity index (χ1n) is 9.29. The maximum absolute atomic E-state index is 12.7. The van der Waals surface area contributed by atoms with Crippen LogP contribution in [0.25, 0.3) is 0 Å². The van der Waals surface area contributed by atoms with E-state index < -0.39 is 17.8 Å². The maximum atomic E-state index is 12.7. The third-order valence-electron chi connectivity index (χ3n) is 4.43. The molecule has 32 heavy (non-hydrogen) atoms. The number of nitrogens with zero attached hydrogens (tertiary/aromatic N) is 2. The number of carbonyl (C=O) groups excluding carboxylic acids is 3. The van der Waals surface area contributed by atoms with Crippen LogP contribution in [0.5, 0.6) is 11.5 Å². The molecule has 168 valence electrons. The summed E-state index contributed by atoms with van der Waals surface area (Å²) in [5, 5.41) is 6.97. The second kappa shape index (κ2) is 9.96. The average molecular weight is 459 g/mol. The van der Waals surface area contributed by atoms with Crippen LogP contribution >= 0.6 is 11.3 Å². The van der Waals surface area contributed by atoms with E-state index in [2.05, 4.69) is 10.4 Å². The lowest BCUT2D eigenvalue weighted by Crippen LogP contribution is -2.16. The van der Waals surface area contributed by atoms with E-state index in [0.29, 0.717) is 17.1 Å². The van der Waals surface area contributed by atoms with Crippen LogP contribution in [0.4, 0.5) is 5.00 Å². The Hall–Kier alpha value is -3.86. The van der Waals surface area contributed by atoms with Crippen molar-refractivity contribution in [1.82, 2.24) is 9.78 Å². The first-order chi connectivity index (χ1) is 15.4. The quantitative estimate of drug-likeness (QED) is 0.511. The maximum Gasteiger partial charge on any atom is 0.348 e. The smallest absolute Gasteiger partial charge is 0.348 e. The highest BCUT2D eigenvalue weighted by atomic mass is 32.1. The molecule has 0 radical (unpaired) electrons. The summed E-state index contributed by atoms with van der Waals surface area (Å²) in [5.74, 6) is -0.530. The molecule has 0 spiro atoms. The van der Waals surface area contributed by atoms with E-state index >= 15 is 0 Å². The van der Waals surface area contributed by atoms with Crippen molar-refractivity contribution in [3.8, 4) is 11.5 Å². The van der Waals surface area contributed by atoms with Crippen LogP contribution in [0, 0.1) is 6.92 Å². The van der Waals surface area contributed by atoms with Gasteiger partial charge in [0, 0.05) is 6.20 Å². The van der Waals surface area contributed by atoms with E-state index in [1.54, 1.807) is 44.5 Å². The second-order valence-corrected chi connectivity index (χ2v) is 7.41. The number of rotatable bonds is 8. The Morgan fingerprint density at radius 1 is 1.00 bits per heavy atom. The zero-order valence-corrected chi connectivity index (χ0v) is 18.6. The van der Waals surface area contributed by atoms with Crippen LogP contribution in [-0.4, -0.2) is 49.0 Å². The molecular weight excluding hydrogens is 438 g/mol. The number of methoxy groups -OCH3 is 3. The molecule has 0 aliphatic carbocycles. The summed E-state index contributed by atoms with van der Waals surface area (Å²) >= 11 is 0.926. The van der Waals surface area contributed by atoms with Gasteiger partial charge in [-0.1, -0.05) is 0 Å². The van der Waals surface area contributed by atoms with Crippen LogP contribution < -0.4 is 14.8 Å². The van der Waals surface area contributed by atoms with Crippen LogP contribution in [0.3, 0.4) is 0 Å². The third kappa shape index (κ3) is 4.89. The third-order valence-corrected chi connectivity index (χ3v) is 5.62. The lowest BCUT2D eigenvalue weighted by Gasteiger charge is -2.07. The van der Waals surface area contributed by atoms with Crippen LogP contribution in [0.1, 0.15) is 36.1 Å². The highest BCUT2D eigenvalue weighted by Gasteiger charge is 2.27. The van der Waals surface area contributed by atoms with E-state index in [9.17, 15) is 14.4 Å². The molecule has 2 heterocycles. The number of nitrogens with one attached hydrogen (secondary N) is 1. The summed E-state index contributed by atoms with van der Waals surface area (Å²) in [6.45, 7) is 1.66. The average Bonchev–Trinajstić information content (AvgIpc) is 3.41. The molecule has 2 aromatic heterocycles. The number of carbonyl (C=O) groups is 3. The fraction of sp³-hybridized carbons (Fsp3) is 0.238. The van der Waals surface area contributed by atoms with Crippen molar-refractivity contribution in [3.63, 3.8) is 0 Å². The summed E-state index contributed by atoms with van der Waals surface area (Å²) in [5.41, 5.74) is 0.556. The van der Waals surface area contributed by atoms with Crippen molar-refractivity contribution < 1.29 is 33.3 Å². The minimum atomic E-state index is -0.678. The number of benzene rings is 1. The predicted molar refractivity (Wildman–Crippen MR) is 116 cm³/mol. The highest BCUT2D eigenvalue weighted by molar-refractivity contribution is 7.18. The molecule has 3 aromatic rings. The van der Waals surface area contributed by atoms with Gasteiger partial charge in [-0.2, -0.15) is 5.10 Å². The van der Waals surface area contributed by atoms with Gasteiger partial charge in [0.15, 0.2) is 12.4 Å². The molecule has 11 heteroatoms. The first kappa shape index (κ1) is 22.8.